The predicted octanol–water partition coefficient (Wildman–Crippen LogP) is 4.68. The highest BCUT2D eigenvalue weighted by Gasteiger charge is 2.03. The van der Waals surface area contributed by atoms with Gasteiger partial charge in [0.25, 0.3) is 0 Å². The van der Waals surface area contributed by atoms with Crippen LogP contribution in [-0.4, -0.2) is 4.98 Å². The van der Waals surface area contributed by atoms with Crippen molar-refractivity contribution in [3.8, 4) is 0 Å². The molecule has 3 rings (SSSR count). The molecule has 0 radical (unpaired) electrons. The molecule has 1 aromatic heterocycles. The van der Waals surface area contributed by atoms with Crippen molar-refractivity contribution in [3.63, 3.8) is 0 Å². The van der Waals surface area contributed by atoms with Crippen molar-refractivity contribution in [2.24, 2.45) is 0 Å². The highest BCUT2D eigenvalue weighted by Crippen LogP contribution is 2.20. The molecule has 2 N–H and O–H groups in total. The number of hydrogen-bond acceptors (Lipinski definition) is 1. The van der Waals surface area contributed by atoms with E-state index in [1.54, 1.807) is 12.1 Å². The molecule has 0 bridgehead atoms. The van der Waals surface area contributed by atoms with Gasteiger partial charge in [0.05, 0.1) is 0 Å². The van der Waals surface area contributed by atoms with Gasteiger partial charge in [-0.25, -0.2) is 4.39 Å². The maximum Gasteiger partial charge on any atom is 0.128 e. The van der Waals surface area contributed by atoms with E-state index in [0.717, 1.165) is 21.1 Å². The third kappa shape index (κ3) is 2.63. The molecule has 3 aromatic rings. The smallest absolute Gasteiger partial charge is 0.128 e. The molecule has 0 spiro atoms. The van der Waals surface area contributed by atoms with Crippen molar-refractivity contribution >= 4 is 32.5 Å². The molecule has 0 aliphatic carbocycles. The Morgan fingerprint density at radius 2 is 2.00 bits per heavy atom. The Bertz CT molecular complexity index is 721. The lowest BCUT2D eigenvalue weighted by Crippen LogP contribution is -2.01. The van der Waals surface area contributed by atoms with E-state index in [-0.39, 0.29) is 5.82 Å². The molecule has 0 unspecified atom stereocenters. The van der Waals surface area contributed by atoms with Crippen LogP contribution in [0.4, 0.5) is 10.1 Å². The molecule has 19 heavy (non-hydrogen) atoms. The van der Waals surface area contributed by atoms with Gasteiger partial charge in [-0.05, 0) is 42.5 Å². The zero-order valence-electron chi connectivity index (χ0n) is 10.1. The lowest BCUT2D eigenvalue weighted by atomic mass is 10.2. The summed E-state index contributed by atoms with van der Waals surface area (Å²) in [5, 5.41) is 4.37. The van der Waals surface area contributed by atoms with Gasteiger partial charge in [-0.2, -0.15) is 0 Å². The first-order chi connectivity index (χ1) is 9.22. The highest BCUT2D eigenvalue weighted by atomic mass is 79.9. The molecular formula is C15H12BrFN2. The van der Waals surface area contributed by atoms with E-state index in [4.69, 9.17) is 0 Å². The first-order valence-electron chi connectivity index (χ1n) is 5.97. The van der Waals surface area contributed by atoms with Crippen LogP contribution in [-0.2, 0) is 6.54 Å². The molecule has 2 nitrogen and oxygen atoms in total. The van der Waals surface area contributed by atoms with Gasteiger partial charge >= 0.3 is 0 Å². The van der Waals surface area contributed by atoms with E-state index in [1.807, 2.05) is 30.5 Å². The average Bonchev–Trinajstić information content (AvgIpc) is 2.87. The summed E-state index contributed by atoms with van der Waals surface area (Å²) >= 11 is 3.35. The summed E-state index contributed by atoms with van der Waals surface area (Å²) in [7, 11) is 0. The second-order valence-corrected chi connectivity index (χ2v) is 5.28. The molecule has 1 heterocycles. The minimum absolute atomic E-state index is 0.196. The predicted molar refractivity (Wildman–Crippen MR) is 79.7 cm³/mol. The van der Waals surface area contributed by atoms with Crippen LogP contribution >= 0.6 is 15.9 Å². The third-order valence-electron chi connectivity index (χ3n) is 3.04. The first kappa shape index (κ1) is 12.2. The van der Waals surface area contributed by atoms with Gasteiger partial charge < -0.3 is 10.3 Å². The SMILES string of the molecule is Fc1ccc(Br)cc1CNc1ccc2[nH]ccc2c1. The van der Waals surface area contributed by atoms with Crippen LogP contribution in [0.1, 0.15) is 5.56 Å². The Hall–Kier alpha value is -1.81. The van der Waals surface area contributed by atoms with Crippen LogP contribution in [0, 0.1) is 5.82 Å². The summed E-state index contributed by atoms with van der Waals surface area (Å²) in [5.74, 6) is -0.196. The Morgan fingerprint density at radius 1 is 1.11 bits per heavy atom. The molecule has 0 saturated heterocycles. The summed E-state index contributed by atoms with van der Waals surface area (Å²) in [4.78, 5) is 3.14. The Morgan fingerprint density at radius 3 is 2.89 bits per heavy atom. The number of halogens is 2. The normalized spacial score (nSPS) is 10.8. The van der Waals surface area contributed by atoms with E-state index in [9.17, 15) is 4.39 Å². The Balaban J connectivity index is 1.79. The summed E-state index contributed by atoms with van der Waals surface area (Å²) in [6.45, 7) is 0.460. The Kier molecular flexibility index (Phi) is 3.25. The lowest BCUT2D eigenvalue weighted by molar-refractivity contribution is 0.612. The van der Waals surface area contributed by atoms with Crippen molar-refractivity contribution in [1.29, 1.82) is 0 Å². The highest BCUT2D eigenvalue weighted by molar-refractivity contribution is 9.10. The fraction of sp³-hybridized carbons (Fsp3) is 0.0667. The van der Waals surface area contributed by atoms with Crippen LogP contribution in [0.25, 0.3) is 10.9 Å². The molecule has 0 fully saturated rings. The number of aromatic amines is 1. The molecular weight excluding hydrogens is 307 g/mol. The van der Waals surface area contributed by atoms with Gasteiger partial charge in [0.15, 0.2) is 0 Å². The van der Waals surface area contributed by atoms with Crippen LogP contribution in [0.2, 0.25) is 0 Å². The zero-order chi connectivity index (χ0) is 13.2. The lowest BCUT2D eigenvalue weighted by Gasteiger charge is -2.08. The number of rotatable bonds is 3. The van der Waals surface area contributed by atoms with Gasteiger partial charge in [0.1, 0.15) is 5.82 Å². The molecule has 4 heteroatoms. The number of fused-ring (bicyclic) bond motifs is 1. The quantitative estimate of drug-likeness (QED) is 0.721. The number of nitrogens with one attached hydrogen (secondary N) is 2. The molecule has 0 aliphatic heterocycles. The van der Waals surface area contributed by atoms with Crippen LogP contribution < -0.4 is 5.32 Å². The fourth-order valence-electron chi connectivity index (χ4n) is 2.04. The second kappa shape index (κ2) is 5.05. The van der Waals surface area contributed by atoms with E-state index < -0.39 is 0 Å². The monoisotopic (exact) mass is 318 g/mol. The van der Waals surface area contributed by atoms with E-state index >= 15 is 0 Å². The minimum atomic E-state index is -0.196. The number of hydrogen-bond donors (Lipinski definition) is 2. The number of aromatic nitrogens is 1. The molecule has 2 aromatic carbocycles. The summed E-state index contributed by atoms with van der Waals surface area (Å²) in [6, 6.07) is 13.0. The minimum Gasteiger partial charge on any atom is -0.381 e. The van der Waals surface area contributed by atoms with Gasteiger partial charge in [0.2, 0.25) is 0 Å². The van der Waals surface area contributed by atoms with Crippen molar-refractivity contribution in [2.45, 2.75) is 6.54 Å². The largest absolute Gasteiger partial charge is 0.381 e. The maximum absolute atomic E-state index is 13.6. The molecule has 0 amide bonds. The van der Waals surface area contributed by atoms with Crippen molar-refractivity contribution in [2.75, 3.05) is 5.32 Å². The summed E-state index contributed by atoms with van der Waals surface area (Å²) < 4.78 is 14.5. The number of H-pyrrole nitrogens is 1. The maximum atomic E-state index is 13.6. The van der Waals surface area contributed by atoms with E-state index in [0.29, 0.717) is 12.1 Å². The van der Waals surface area contributed by atoms with Gasteiger partial charge in [-0.15, -0.1) is 0 Å². The van der Waals surface area contributed by atoms with Gasteiger partial charge in [0, 0.05) is 39.4 Å². The summed E-state index contributed by atoms with van der Waals surface area (Å²) in [5.41, 5.74) is 2.72. The number of benzene rings is 2. The van der Waals surface area contributed by atoms with Crippen molar-refractivity contribution < 1.29 is 4.39 Å². The summed E-state index contributed by atoms with van der Waals surface area (Å²) in [6.07, 6.45) is 1.91. The second-order valence-electron chi connectivity index (χ2n) is 4.37. The van der Waals surface area contributed by atoms with E-state index in [1.165, 1.54) is 6.07 Å². The number of anilines is 1. The molecule has 0 saturated carbocycles. The Labute approximate surface area is 118 Å². The third-order valence-corrected chi connectivity index (χ3v) is 3.54. The first-order valence-corrected chi connectivity index (χ1v) is 6.76. The fourth-order valence-corrected chi connectivity index (χ4v) is 2.45. The van der Waals surface area contributed by atoms with Crippen molar-refractivity contribution in [3.05, 3.63) is 64.5 Å². The molecule has 0 atom stereocenters. The molecule has 96 valence electrons. The van der Waals surface area contributed by atoms with Crippen molar-refractivity contribution in [1.82, 2.24) is 4.98 Å². The van der Waals surface area contributed by atoms with Gasteiger partial charge in [-0.3, -0.25) is 0 Å². The molecule has 0 aliphatic rings. The zero-order valence-corrected chi connectivity index (χ0v) is 11.7. The van der Waals surface area contributed by atoms with Crippen LogP contribution in [0.5, 0.6) is 0 Å². The van der Waals surface area contributed by atoms with E-state index in [2.05, 4.69) is 26.2 Å². The van der Waals surface area contributed by atoms with Gasteiger partial charge in [-0.1, -0.05) is 15.9 Å². The van der Waals surface area contributed by atoms with Crippen LogP contribution in [0.15, 0.2) is 53.1 Å². The average molecular weight is 319 g/mol. The topological polar surface area (TPSA) is 27.8 Å². The van der Waals surface area contributed by atoms with Crippen LogP contribution in [0.3, 0.4) is 0 Å². The standard InChI is InChI=1S/C15H12BrFN2/c16-12-1-3-14(17)11(7-12)9-19-13-2-4-15-10(8-13)5-6-18-15/h1-8,18-19H,9H2.